The number of ketones is 1. The average Bonchev–Trinajstić information content (AvgIpc) is 2.52. The van der Waals surface area contributed by atoms with Crippen molar-refractivity contribution in [1.29, 1.82) is 0 Å². The van der Waals surface area contributed by atoms with Crippen LogP contribution in [0.5, 0.6) is 0 Å². The van der Waals surface area contributed by atoms with E-state index in [1.165, 1.54) is 18.7 Å². The number of hydrogen-bond acceptors (Lipinski definition) is 3. The molecule has 1 amide bonds. The highest BCUT2D eigenvalue weighted by Crippen LogP contribution is 2.34. The second kappa shape index (κ2) is 8.39. The first kappa shape index (κ1) is 17.9. The van der Waals surface area contributed by atoms with Crippen LogP contribution in [-0.4, -0.2) is 17.4 Å². The van der Waals surface area contributed by atoms with Crippen molar-refractivity contribution < 1.29 is 9.59 Å². The average molecular weight is 368 g/mol. The number of Topliss-reactive ketones (excluding diaryl/α,β-unsaturated/α-hetero) is 1. The molecule has 1 N–H and O–H groups in total. The summed E-state index contributed by atoms with van der Waals surface area (Å²) in [5.74, 6) is 0.171. The molecule has 0 spiro atoms. The molecule has 0 atom stereocenters. The fourth-order valence-electron chi connectivity index (χ4n) is 1.88. The Labute approximate surface area is 149 Å². The zero-order chi connectivity index (χ0) is 16.8. The van der Waals surface area contributed by atoms with E-state index in [2.05, 4.69) is 5.32 Å². The minimum Gasteiger partial charge on any atom is -0.352 e. The van der Waals surface area contributed by atoms with Gasteiger partial charge in [-0.1, -0.05) is 53.5 Å². The third kappa shape index (κ3) is 5.27. The quantitative estimate of drug-likeness (QED) is 0.599. The molecule has 0 aliphatic carbocycles. The molecular formula is C17H15Cl2NO2S. The summed E-state index contributed by atoms with van der Waals surface area (Å²) in [6.07, 6.45) is 0. The fourth-order valence-corrected chi connectivity index (χ4v) is 3.46. The number of carbonyl (C=O) groups excluding carboxylic acids is 2. The number of hydrogen-bond donors (Lipinski definition) is 1. The number of amides is 1. The van der Waals surface area contributed by atoms with E-state index in [1.54, 1.807) is 30.3 Å². The molecular weight excluding hydrogens is 353 g/mol. The lowest BCUT2D eigenvalue weighted by atomic mass is 10.1. The van der Waals surface area contributed by atoms with E-state index in [4.69, 9.17) is 23.2 Å². The first-order valence-electron chi connectivity index (χ1n) is 6.91. The third-order valence-corrected chi connectivity index (χ3v) is 5.07. The molecule has 0 radical (unpaired) electrons. The molecule has 0 heterocycles. The molecule has 6 heteroatoms. The van der Waals surface area contributed by atoms with Crippen molar-refractivity contribution in [3.05, 3.63) is 63.6 Å². The molecule has 0 aliphatic heterocycles. The Bertz CT molecular complexity index is 697. The zero-order valence-corrected chi connectivity index (χ0v) is 14.8. The number of rotatable bonds is 6. The summed E-state index contributed by atoms with van der Waals surface area (Å²) < 4.78 is 0. The lowest BCUT2D eigenvalue weighted by Crippen LogP contribution is -2.18. The first-order chi connectivity index (χ1) is 11.0. The standard InChI is InChI=1S/C17H15Cl2NO2S/c1-11(21)20-9-12-5-7-13(8-6-12)16(22)10-23-17-14(18)3-2-4-15(17)19/h2-8H,9-10H2,1H3,(H,20,21). The van der Waals surface area contributed by atoms with Gasteiger partial charge < -0.3 is 5.32 Å². The Balaban J connectivity index is 1.97. The SMILES string of the molecule is CC(=O)NCc1ccc(C(=O)CSc2c(Cl)cccc2Cl)cc1. The van der Waals surface area contributed by atoms with Gasteiger partial charge in [0, 0.05) is 23.9 Å². The normalized spacial score (nSPS) is 10.4. The molecule has 120 valence electrons. The number of thioether (sulfide) groups is 1. The number of halogens is 2. The van der Waals surface area contributed by atoms with E-state index in [0.29, 0.717) is 27.0 Å². The predicted molar refractivity (Wildman–Crippen MR) is 95.5 cm³/mol. The Morgan fingerprint density at radius 1 is 1.04 bits per heavy atom. The van der Waals surface area contributed by atoms with Gasteiger partial charge in [0.15, 0.2) is 5.78 Å². The van der Waals surface area contributed by atoms with Crippen LogP contribution in [0.1, 0.15) is 22.8 Å². The summed E-state index contributed by atoms with van der Waals surface area (Å²) in [6.45, 7) is 1.92. The maximum Gasteiger partial charge on any atom is 0.217 e. The minimum atomic E-state index is -0.0850. The summed E-state index contributed by atoms with van der Waals surface area (Å²) in [5, 5.41) is 3.80. The van der Waals surface area contributed by atoms with Crippen molar-refractivity contribution in [2.75, 3.05) is 5.75 Å². The Kier molecular flexibility index (Phi) is 6.51. The monoisotopic (exact) mass is 367 g/mol. The summed E-state index contributed by atoms with van der Waals surface area (Å²) in [5.41, 5.74) is 1.56. The van der Waals surface area contributed by atoms with Gasteiger partial charge in [0.2, 0.25) is 5.91 Å². The second-order valence-electron chi connectivity index (χ2n) is 4.87. The van der Waals surface area contributed by atoms with Crippen molar-refractivity contribution in [2.24, 2.45) is 0 Å². The highest BCUT2D eigenvalue weighted by Gasteiger charge is 2.11. The molecule has 2 aromatic carbocycles. The molecule has 0 fully saturated rings. The van der Waals surface area contributed by atoms with Gasteiger partial charge in [0.25, 0.3) is 0 Å². The molecule has 23 heavy (non-hydrogen) atoms. The molecule has 3 nitrogen and oxygen atoms in total. The second-order valence-corrected chi connectivity index (χ2v) is 6.67. The van der Waals surface area contributed by atoms with Gasteiger partial charge in [-0.05, 0) is 17.7 Å². The summed E-state index contributed by atoms with van der Waals surface area (Å²) in [7, 11) is 0. The zero-order valence-electron chi connectivity index (χ0n) is 12.4. The molecule has 0 saturated heterocycles. The van der Waals surface area contributed by atoms with Gasteiger partial charge in [0.05, 0.1) is 15.8 Å². The summed E-state index contributed by atoms with van der Waals surface area (Å²) in [6, 6.07) is 12.4. The van der Waals surface area contributed by atoms with Crippen LogP contribution in [0.4, 0.5) is 0 Å². The van der Waals surface area contributed by atoms with Crippen LogP contribution in [0.2, 0.25) is 10.0 Å². The van der Waals surface area contributed by atoms with Crippen LogP contribution in [0.15, 0.2) is 47.4 Å². The van der Waals surface area contributed by atoms with E-state index < -0.39 is 0 Å². The van der Waals surface area contributed by atoms with Gasteiger partial charge in [-0.25, -0.2) is 0 Å². The molecule has 0 saturated carbocycles. The molecule has 0 aliphatic rings. The van der Waals surface area contributed by atoms with Gasteiger partial charge in [0.1, 0.15) is 0 Å². The van der Waals surface area contributed by atoms with Gasteiger partial charge in [-0.15, -0.1) is 11.8 Å². The molecule has 2 aromatic rings. The Hall–Kier alpha value is -1.49. The van der Waals surface area contributed by atoms with Crippen LogP contribution in [-0.2, 0) is 11.3 Å². The Morgan fingerprint density at radius 3 is 2.22 bits per heavy atom. The largest absolute Gasteiger partial charge is 0.352 e. The maximum absolute atomic E-state index is 12.2. The van der Waals surface area contributed by atoms with Crippen molar-refractivity contribution in [1.82, 2.24) is 5.32 Å². The highest BCUT2D eigenvalue weighted by atomic mass is 35.5. The van der Waals surface area contributed by atoms with E-state index in [9.17, 15) is 9.59 Å². The highest BCUT2D eigenvalue weighted by molar-refractivity contribution is 8.00. The van der Waals surface area contributed by atoms with Crippen molar-refractivity contribution >= 4 is 46.7 Å². The molecule has 0 aromatic heterocycles. The van der Waals surface area contributed by atoms with Gasteiger partial charge in [-0.3, -0.25) is 9.59 Å². The minimum absolute atomic E-state index is 0.00272. The van der Waals surface area contributed by atoms with Crippen LogP contribution >= 0.6 is 35.0 Å². The van der Waals surface area contributed by atoms with Crippen molar-refractivity contribution in [3.8, 4) is 0 Å². The lowest BCUT2D eigenvalue weighted by Gasteiger charge is -2.07. The van der Waals surface area contributed by atoms with Crippen molar-refractivity contribution in [2.45, 2.75) is 18.4 Å². The Morgan fingerprint density at radius 2 is 1.65 bits per heavy atom. The van der Waals surface area contributed by atoms with Crippen molar-refractivity contribution in [3.63, 3.8) is 0 Å². The van der Waals surface area contributed by atoms with E-state index in [1.807, 2.05) is 12.1 Å². The topological polar surface area (TPSA) is 46.2 Å². The van der Waals surface area contributed by atoms with E-state index in [-0.39, 0.29) is 17.4 Å². The van der Waals surface area contributed by atoms with Crippen LogP contribution < -0.4 is 5.32 Å². The van der Waals surface area contributed by atoms with Crippen LogP contribution in [0.25, 0.3) is 0 Å². The first-order valence-corrected chi connectivity index (χ1v) is 8.65. The predicted octanol–water partition coefficient (Wildman–Crippen LogP) is 4.60. The van der Waals surface area contributed by atoms with E-state index >= 15 is 0 Å². The lowest BCUT2D eigenvalue weighted by molar-refractivity contribution is -0.119. The maximum atomic E-state index is 12.2. The fraction of sp³-hybridized carbons (Fsp3) is 0.176. The number of carbonyl (C=O) groups is 2. The third-order valence-electron chi connectivity index (χ3n) is 3.08. The molecule has 0 unspecified atom stereocenters. The van der Waals surface area contributed by atoms with Gasteiger partial charge >= 0.3 is 0 Å². The van der Waals surface area contributed by atoms with Crippen LogP contribution in [0.3, 0.4) is 0 Å². The summed E-state index contributed by atoms with van der Waals surface area (Å²) >= 11 is 13.5. The van der Waals surface area contributed by atoms with E-state index in [0.717, 1.165) is 5.56 Å². The number of benzene rings is 2. The number of nitrogens with one attached hydrogen (secondary N) is 1. The van der Waals surface area contributed by atoms with Crippen LogP contribution in [0, 0.1) is 0 Å². The smallest absolute Gasteiger partial charge is 0.217 e. The molecule has 2 rings (SSSR count). The van der Waals surface area contributed by atoms with Gasteiger partial charge in [-0.2, -0.15) is 0 Å². The molecule has 0 bridgehead atoms. The summed E-state index contributed by atoms with van der Waals surface area (Å²) in [4.78, 5) is 23.8.